The second kappa shape index (κ2) is 6.46. The summed E-state index contributed by atoms with van der Waals surface area (Å²) in [5.74, 6) is 0.301. The van der Waals surface area contributed by atoms with Gasteiger partial charge in [0.15, 0.2) is 11.5 Å². The normalized spacial score (nSPS) is 21.8. The quantitative estimate of drug-likeness (QED) is 0.666. The van der Waals surface area contributed by atoms with Gasteiger partial charge in [-0.05, 0) is 54.2 Å². The number of phenols is 2. The molecular formula is C18H22BrNO2S. The van der Waals surface area contributed by atoms with Crippen molar-refractivity contribution in [3.63, 3.8) is 0 Å². The minimum Gasteiger partial charge on any atom is -0.504 e. The maximum absolute atomic E-state index is 9.94. The maximum atomic E-state index is 9.94. The molecule has 1 aromatic heterocycles. The van der Waals surface area contributed by atoms with Crippen molar-refractivity contribution in [2.75, 3.05) is 0 Å². The minimum atomic E-state index is -0.00413. The summed E-state index contributed by atoms with van der Waals surface area (Å²) in [6.07, 6.45) is 4.35. The predicted molar refractivity (Wildman–Crippen MR) is 99.2 cm³/mol. The lowest BCUT2D eigenvalue weighted by Crippen LogP contribution is -2.41. The van der Waals surface area contributed by atoms with Crippen LogP contribution in [0.25, 0.3) is 0 Å². The molecule has 4 rings (SSSR count). The Morgan fingerprint density at radius 1 is 1.17 bits per heavy atom. The second-order valence-electron chi connectivity index (χ2n) is 6.38. The Labute approximate surface area is 151 Å². The van der Waals surface area contributed by atoms with E-state index in [9.17, 15) is 10.2 Å². The number of hydrogen-bond donors (Lipinski definition) is 3. The van der Waals surface area contributed by atoms with Gasteiger partial charge in [0.2, 0.25) is 0 Å². The molecule has 1 aliphatic carbocycles. The topological polar surface area (TPSA) is 52.5 Å². The van der Waals surface area contributed by atoms with E-state index in [1.54, 1.807) is 12.1 Å². The first-order valence-corrected chi connectivity index (χ1v) is 8.88. The van der Waals surface area contributed by atoms with Crippen LogP contribution in [0.2, 0.25) is 0 Å². The fourth-order valence-corrected chi connectivity index (χ4v) is 5.20. The first-order valence-electron chi connectivity index (χ1n) is 8.07. The average molecular weight is 396 g/mol. The van der Waals surface area contributed by atoms with Crippen LogP contribution in [0.15, 0.2) is 18.2 Å². The molecule has 2 heterocycles. The summed E-state index contributed by atoms with van der Waals surface area (Å²) in [6, 6.07) is 6.33. The third-order valence-electron chi connectivity index (χ3n) is 4.95. The Hall–Kier alpha value is -1.04. The molecule has 0 saturated carbocycles. The van der Waals surface area contributed by atoms with Crippen LogP contribution in [0, 0.1) is 0 Å². The molecule has 1 aliphatic heterocycles. The van der Waals surface area contributed by atoms with Gasteiger partial charge in [-0.25, -0.2) is 0 Å². The lowest BCUT2D eigenvalue weighted by atomic mass is 9.74. The molecule has 2 aliphatic rings. The van der Waals surface area contributed by atoms with Gasteiger partial charge in [0.05, 0.1) is 0 Å². The third kappa shape index (κ3) is 2.79. The summed E-state index contributed by atoms with van der Waals surface area (Å²) < 4.78 is 0. The van der Waals surface area contributed by atoms with Crippen LogP contribution in [-0.4, -0.2) is 16.3 Å². The van der Waals surface area contributed by atoms with Crippen LogP contribution < -0.4 is 5.32 Å². The second-order valence-corrected chi connectivity index (χ2v) is 7.61. The summed E-state index contributed by atoms with van der Waals surface area (Å²) in [5, 5.41) is 23.4. The van der Waals surface area contributed by atoms with E-state index >= 15 is 0 Å². The van der Waals surface area contributed by atoms with Gasteiger partial charge in [0.1, 0.15) is 0 Å². The van der Waals surface area contributed by atoms with E-state index in [1.807, 2.05) is 11.3 Å². The molecule has 0 fully saturated rings. The summed E-state index contributed by atoms with van der Waals surface area (Å²) in [7, 11) is 0. The van der Waals surface area contributed by atoms with Gasteiger partial charge in [0.25, 0.3) is 0 Å². The van der Waals surface area contributed by atoms with Gasteiger partial charge in [-0.15, -0.1) is 28.3 Å². The lowest BCUT2D eigenvalue weighted by molar-refractivity contribution is 0.382. The van der Waals surface area contributed by atoms with Gasteiger partial charge < -0.3 is 15.5 Å². The van der Waals surface area contributed by atoms with E-state index < -0.39 is 0 Å². The molecule has 3 nitrogen and oxygen atoms in total. The Morgan fingerprint density at radius 3 is 2.74 bits per heavy atom. The first kappa shape index (κ1) is 16.8. The van der Waals surface area contributed by atoms with Crippen LogP contribution in [0.3, 0.4) is 0 Å². The highest BCUT2D eigenvalue weighted by Gasteiger charge is 2.36. The molecule has 124 valence electrons. The van der Waals surface area contributed by atoms with Crippen molar-refractivity contribution >= 4 is 28.3 Å². The number of aromatic hydroxyl groups is 2. The number of hydrogen-bond acceptors (Lipinski definition) is 4. The van der Waals surface area contributed by atoms with E-state index in [0.717, 1.165) is 25.8 Å². The average Bonchev–Trinajstić information content (AvgIpc) is 2.91. The SMILES string of the molecule is Br.CCCc1cc2c(s1)CN[C@H]1CCc3cc(O)c(O)cc3[C@H]21. The van der Waals surface area contributed by atoms with Crippen molar-refractivity contribution in [2.24, 2.45) is 0 Å². The van der Waals surface area contributed by atoms with Crippen molar-refractivity contribution in [2.45, 2.75) is 51.1 Å². The molecule has 3 N–H and O–H groups in total. The Morgan fingerprint density at radius 2 is 1.96 bits per heavy atom. The molecule has 0 unspecified atom stereocenters. The number of rotatable bonds is 2. The molecule has 0 saturated heterocycles. The summed E-state index contributed by atoms with van der Waals surface area (Å²) in [6.45, 7) is 3.18. The highest BCUT2D eigenvalue weighted by atomic mass is 79.9. The Kier molecular flexibility index (Phi) is 4.72. The van der Waals surface area contributed by atoms with Crippen molar-refractivity contribution in [1.82, 2.24) is 5.32 Å². The van der Waals surface area contributed by atoms with Crippen LogP contribution >= 0.6 is 28.3 Å². The number of fused-ring (bicyclic) bond motifs is 5. The molecule has 0 radical (unpaired) electrons. The number of benzene rings is 1. The zero-order valence-corrected chi connectivity index (χ0v) is 15.7. The van der Waals surface area contributed by atoms with Gasteiger partial charge in [0, 0.05) is 28.3 Å². The summed E-state index contributed by atoms with van der Waals surface area (Å²) >= 11 is 1.92. The largest absolute Gasteiger partial charge is 0.504 e. The minimum absolute atomic E-state index is 0. The number of thiophene rings is 1. The van der Waals surface area contributed by atoms with Crippen LogP contribution in [0.1, 0.15) is 52.1 Å². The monoisotopic (exact) mass is 395 g/mol. The standard InChI is InChI=1S/C18H21NO2S.BrH/c1-2-3-11-7-13-17(22-11)9-19-14-5-4-10-6-15(20)16(21)8-12(10)18(13)14;/h6-8,14,18-21H,2-5,9H2,1H3;1H/t14-,18+;/m0./s1. The zero-order chi connectivity index (χ0) is 15.3. The molecule has 2 atom stereocenters. The van der Waals surface area contributed by atoms with Crippen LogP contribution in [-0.2, 0) is 19.4 Å². The lowest BCUT2D eigenvalue weighted by Gasteiger charge is -2.38. The highest BCUT2D eigenvalue weighted by molar-refractivity contribution is 8.93. The van der Waals surface area contributed by atoms with E-state index in [2.05, 4.69) is 18.3 Å². The number of halogens is 1. The molecule has 23 heavy (non-hydrogen) atoms. The van der Waals surface area contributed by atoms with E-state index in [-0.39, 0.29) is 28.5 Å². The van der Waals surface area contributed by atoms with Gasteiger partial charge in [-0.2, -0.15) is 0 Å². The van der Waals surface area contributed by atoms with E-state index in [4.69, 9.17) is 0 Å². The van der Waals surface area contributed by atoms with Gasteiger partial charge in [-0.1, -0.05) is 13.3 Å². The fourth-order valence-electron chi connectivity index (χ4n) is 3.94. The van der Waals surface area contributed by atoms with Crippen molar-refractivity contribution in [3.05, 3.63) is 44.6 Å². The summed E-state index contributed by atoms with van der Waals surface area (Å²) in [5.41, 5.74) is 3.79. The molecule has 0 amide bonds. The van der Waals surface area contributed by atoms with Crippen LogP contribution in [0.5, 0.6) is 11.5 Å². The fraction of sp³-hybridized carbons (Fsp3) is 0.444. The Bertz CT molecular complexity index is 728. The first-order chi connectivity index (χ1) is 10.7. The van der Waals surface area contributed by atoms with Crippen molar-refractivity contribution in [1.29, 1.82) is 0 Å². The molecule has 2 aromatic rings. The molecular weight excluding hydrogens is 374 g/mol. The van der Waals surface area contributed by atoms with Gasteiger partial charge >= 0.3 is 0 Å². The predicted octanol–water partition coefficient (Wildman–Crippen LogP) is 4.24. The molecule has 0 spiro atoms. The highest BCUT2D eigenvalue weighted by Crippen LogP contribution is 2.46. The summed E-state index contributed by atoms with van der Waals surface area (Å²) in [4.78, 5) is 2.90. The van der Waals surface area contributed by atoms with Crippen molar-refractivity contribution in [3.8, 4) is 11.5 Å². The zero-order valence-electron chi connectivity index (χ0n) is 13.1. The molecule has 5 heteroatoms. The van der Waals surface area contributed by atoms with Crippen LogP contribution in [0.4, 0.5) is 0 Å². The maximum Gasteiger partial charge on any atom is 0.157 e. The Balaban J connectivity index is 0.00000156. The number of phenolic OH excluding ortho intramolecular Hbond substituents is 2. The smallest absolute Gasteiger partial charge is 0.157 e. The number of aryl methyl sites for hydroxylation is 2. The van der Waals surface area contributed by atoms with E-state index in [1.165, 1.54) is 32.9 Å². The van der Waals surface area contributed by atoms with Gasteiger partial charge in [-0.3, -0.25) is 0 Å². The third-order valence-corrected chi connectivity index (χ3v) is 6.16. The molecule has 0 bridgehead atoms. The number of nitrogens with one attached hydrogen (secondary N) is 1. The molecule has 1 aromatic carbocycles. The van der Waals surface area contributed by atoms with E-state index in [0.29, 0.717) is 12.0 Å². The van der Waals surface area contributed by atoms with Crippen molar-refractivity contribution < 1.29 is 10.2 Å².